The predicted octanol–water partition coefficient (Wildman–Crippen LogP) is 5.92. The molecule has 35 heavy (non-hydrogen) atoms. The number of hydrogen-bond donors (Lipinski definition) is 2. The van der Waals surface area contributed by atoms with Crippen molar-refractivity contribution >= 4 is 23.4 Å². The van der Waals surface area contributed by atoms with E-state index in [-0.39, 0.29) is 23.9 Å². The maximum atomic E-state index is 13.1. The van der Waals surface area contributed by atoms with Crippen molar-refractivity contribution in [2.45, 2.75) is 59.8 Å². The maximum Gasteiger partial charge on any atom is 0.322 e. The Hall–Kier alpha value is -3.61. The van der Waals surface area contributed by atoms with Crippen LogP contribution in [0.15, 0.2) is 54.6 Å². The first kappa shape index (κ1) is 26.0. The van der Waals surface area contributed by atoms with E-state index in [2.05, 4.69) is 38.3 Å². The van der Waals surface area contributed by atoms with Gasteiger partial charge in [-0.25, -0.2) is 9.48 Å². The number of amides is 3. The Bertz CT molecular complexity index is 1160. The summed E-state index contributed by atoms with van der Waals surface area (Å²) in [5, 5.41) is 10.7. The zero-order chi connectivity index (χ0) is 25.6. The van der Waals surface area contributed by atoms with E-state index in [9.17, 15) is 9.59 Å². The summed E-state index contributed by atoms with van der Waals surface area (Å²) in [7, 11) is 0. The maximum absolute atomic E-state index is 13.1. The fourth-order valence-electron chi connectivity index (χ4n) is 3.73. The molecule has 0 fully saturated rings. The summed E-state index contributed by atoms with van der Waals surface area (Å²) in [6.45, 7) is 12.8. The largest absolute Gasteiger partial charge is 0.322 e. The van der Waals surface area contributed by atoms with Gasteiger partial charge in [0.15, 0.2) is 0 Å². The first-order valence-corrected chi connectivity index (χ1v) is 12.2. The van der Waals surface area contributed by atoms with Gasteiger partial charge in [-0.05, 0) is 49.1 Å². The fourth-order valence-corrected chi connectivity index (χ4v) is 3.73. The van der Waals surface area contributed by atoms with Gasteiger partial charge in [-0.2, -0.15) is 5.10 Å². The molecule has 0 atom stereocenters. The molecule has 0 saturated carbocycles. The van der Waals surface area contributed by atoms with Gasteiger partial charge in [0.25, 0.3) is 0 Å². The average Bonchev–Trinajstić information content (AvgIpc) is 3.23. The van der Waals surface area contributed by atoms with Crippen molar-refractivity contribution in [1.82, 2.24) is 14.7 Å². The van der Waals surface area contributed by atoms with E-state index in [4.69, 9.17) is 5.10 Å². The molecule has 7 nitrogen and oxygen atoms in total. The third-order valence-corrected chi connectivity index (χ3v) is 5.82. The highest BCUT2D eigenvalue weighted by Crippen LogP contribution is 2.27. The van der Waals surface area contributed by atoms with Crippen molar-refractivity contribution in [3.8, 4) is 5.69 Å². The molecule has 7 heteroatoms. The molecule has 0 bridgehead atoms. The standard InChI is InChI=1S/C28H37N5O2/c1-7-17-32(27(35)29-22-15-13-21(8-2)14-16-22)19-26(34)30-25-18-24(28(4,5)6)31-33(25)23-12-10-9-11-20(23)3/h9-16,18H,7-8,17,19H2,1-6H3,(H,29,35)(H,30,34). The number of hydrogen-bond acceptors (Lipinski definition) is 3. The number of benzene rings is 2. The van der Waals surface area contributed by atoms with Crippen molar-refractivity contribution in [3.63, 3.8) is 0 Å². The van der Waals surface area contributed by atoms with Crippen LogP contribution in [0.3, 0.4) is 0 Å². The van der Waals surface area contributed by atoms with Gasteiger partial charge in [-0.3, -0.25) is 4.79 Å². The second-order valence-corrected chi connectivity index (χ2v) is 9.81. The number of para-hydroxylation sites is 1. The molecule has 0 unspecified atom stereocenters. The molecule has 0 aliphatic heterocycles. The molecule has 0 radical (unpaired) electrons. The number of nitrogens with one attached hydrogen (secondary N) is 2. The molecule has 0 saturated heterocycles. The van der Waals surface area contributed by atoms with E-state index in [1.54, 1.807) is 4.68 Å². The monoisotopic (exact) mass is 475 g/mol. The van der Waals surface area contributed by atoms with Gasteiger partial charge in [-0.1, -0.05) is 65.0 Å². The normalized spacial score (nSPS) is 11.3. The highest BCUT2D eigenvalue weighted by Gasteiger charge is 2.23. The minimum atomic E-state index is -0.297. The van der Waals surface area contributed by atoms with Crippen molar-refractivity contribution in [2.24, 2.45) is 0 Å². The zero-order valence-corrected chi connectivity index (χ0v) is 21.7. The van der Waals surface area contributed by atoms with Crippen LogP contribution in [-0.2, 0) is 16.6 Å². The third kappa shape index (κ3) is 6.72. The smallest absolute Gasteiger partial charge is 0.315 e. The third-order valence-electron chi connectivity index (χ3n) is 5.82. The number of nitrogens with zero attached hydrogens (tertiary/aromatic N) is 3. The summed E-state index contributed by atoms with van der Waals surface area (Å²) in [6, 6.07) is 17.3. The Kier molecular flexibility index (Phi) is 8.33. The van der Waals surface area contributed by atoms with E-state index < -0.39 is 0 Å². The zero-order valence-electron chi connectivity index (χ0n) is 21.7. The first-order valence-electron chi connectivity index (χ1n) is 12.2. The lowest BCUT2D eigenvalue weighted by Crippen LogP contribution is -2.41. The number of carbonyl (C=O) groups is 2. The molecule has 2 aromatic carbocycles. The van der Waals surface area contributed by atoms with E-state index in [0.717, 1.165) is 29.8 Å². The van der Waals surface area contributed by atoms with E-state index in [1.807, 2.05) is 68.4 Å². The van der Waals surface area contributed by atoms with Crippen LogP contribution >= 0.6 is 0 Å². The lowest BCUT2D eigenvalue weighted by Gasteiger charge is -2.22. The first-order chi connectivity index (χ1) is 16.6. The summed E-state index contributed by atoms with van der Waals surface area (Å²) in [4.78, 5) is 27.6. The quantitative estimate of drug-likeness (QED) is 0.424. The molecule has 3 rings (SSSR count). The van der Waals surface area contributed by atoms with Gasteiger partial charge >= 0.3 is 6.03 Å². The summed E-state index contributed by atoms with van der Waals surface area (Å²) in [5.74, 6) is 0.311. The highest BCUT2D eigenvalue weighted by molar-refractivity contribution is 5.96. The number of rotatable bonds is 8. The molecule has 2 N–H and O–H groups in total. The Morgan fingerprint density at radius 1 is 1.00 bits per heavy atom. The van der Waals surface area contributed by atoms with Gasteiger partial charge in [-0.15, -0.1) is 0 Å². The average molecular weight is 476 g/mol. The summed E-state index contributed by atoms with van der Waals surface area (Å²) < 4.78 is 1.77. The number of carbonyl (C=O) groups excluding carboxylic acids is 2. The Morgan fingerprint density at radius 3 is 2.29 bits per heavy atom. The molecular weight excluding hydrogens is 438 g/mol. The van der Waals surface area contributed by atoms with Gasteiger partial charge in [0, 0.05) is 23.7 Å². The molecule has 1 heterocycles. The summed E-state index contributed by atoms with van der Waals surface area (Å²) in [5.41, 5.74) is 4.54. The van der Waals surface area contributed by atoms with Crippen LogP contribution in [0.5, 0.6) is 0 Å². The van der Waals surface area contributed by atoms with Gasteiger partial charge in [0.2, 0.25) is 5.91 Å². The minimum Gasteiger partial charge on any atom is -0.315 e. The van der Waals surface area contributed by atoms with Crippen molar-refractivity contribution in [2.75, 3.05) is 23.7 Å². The molecule has 0 aliphatic rings. The number of urea groups is 1. The molecule has 186 valence electrons. The van der Waals surface area contributed by atoms with Crippen LogP contribution in [0.4, 0.5) is 16.3 Å². The molecule has 0 aliphatic carbocycles. The molecule has 3 aromatic rings. The topological polar surface area (TPSA) is 79.3 Å². The van der Waals surface area contributed by atoms with E-state index in [0.29, 0.717) is 18.1 Å². The molecule has 1 aromatic heterocycles. The molecular formula is C28H37N5O2. The predicted molar refractivity (Wildman–Crippen MR) is 142 cm³/mol. The van der Waals surface area contributed by atoms with Crippen LogP contribution in [0.25, 0.3) is 5.69 Å². The van der Waals surface area contributed by atoms with Gasteiger partial charge < -0.3 is 15.5 Å². The van der Waals surface area contributed by atoms with Gasteiger partial charge in [0.05, 0.1) is 11.4 Å². The van der Waals surface area contributed by atoms with Crippen LogP contribution < -0.4 is 10.6 Å². The minimum absolute atomic E-state index is 0.0590. The van der Waals surface area contributed by atoms with E-state index in [1.165, 1.54) is 10.5 Å². The van der Waals surface area contributed by atoms with Crippen LogP contribution in [-0.4, -0.2) is 39.7 Å². The van der Waals surface area contributed by atoms with Crippen LogP contribution in [0, 0.1) is 6.92 Å². The molecule has 3 amide bonds. The SMILES string of the molecule is CCCN(CC(=O)Nc1cc(C(C)(C)C)nn1-c1ccccc1C)C(=O)Nc1ccc(CC)cc1. The van der Waals surface area contributed by atoms with Crippen molar-refractivity contribution < 1.29 is 9.59 Å². The lowest BCUT2D eigenvalue weighted by atomic mass is 9.92. The Balaban J connectivity index is 1.78. The number of aromatic nitrogens is 2. The van der Waals surface area contributed by atoms with Crippen LogP contribution in [0.2, 0.25) is 0 Å². The Morgan fingerprint density at radius 2 is 1.69 bits per heavy atom. The highest BCUT2D eigenvalue weighted by atomic mass is 16.2. The summed E-state index contributed by atoms with van der Waals surface area (Å²) >= 11 is 0. The summed E-state index contributed by atoms with van der Waals surface area (Å²) in [6.07, 6.45) is 1.68. The van der Waals surface area contributed by atoms with Crippen LogP contribution in [0.1, 0.15) is 57.9 Å². The van der Waals surface area contributed by atoms with Crippen molar-refractivity contribution in [3.05, 3.63) is 71.4 Å². The number of anilines is 2. The van der Waals surface area contributed by atoms with E-state index >= 15 is 0 Å². The second-order valence-electron chi connectivity index (χ2n) is 9.81. The van der Waals surface area contributed by atoms with Gasteiger partial charge in [0.1, 0.15) is 12.4 Å². The second kappa shape index (κ2) is 11.2. The Labute approximate surface area is 208 Å². The number of aryl methyl sites for hydroxylation is 2. The lowest BCUT2D eigenvalue weighted by molar-refractivity contribution is -0.116. The molecule has 0 spiro atoms. The van der Waals surface area contributed by atoms with Crippen molar-refractivity contribution in [1.29, 1.82) is 0 Å². The fraction of sp³-hybridized carbons (Fsp3) is 0.393.